The van der Waals surface area contributed by atoms with E-state index in [-0.39, 0.29) is 6.09 Å². The number of ether oxygens (including phenoxy) is 1. The fraction of sp³-hybridized carbons (Fsp3) is 0.462. The molecule has 1 rings (SSSR count). The molecule has 1 aliphatic rings. The first-order chi connectivity index (χ1) is 8.17. The average molecular weight is 233 g/mol. The molecule has 3 nitrogen and oxygen atoms in total. The van der Waals surface area contributed by atoms with E-state index in [1.807, 2.05) is 13.0 Å². The quantitative estimate of drug-likeness (QED) is 0.425. The predicted molar refractivity (Wildman–Crippen MR) is 72.7 cm³/mol. The SMILES string of the molecule is BC1CCN(C(=O)OC(/C=C\C)=C/C=C)CC1. The molecule has 17 heavy (non-hydrogen) atoms. The van der Waals surface area contributed by atoms with Gasteiger partial charge in [-0.15, -0.1) is 0 Å². The lowest BCUT2D eigenvalue weighted by atomic mass is 9.80. The van der Waals surface area contributed by atoms with Crippen LogP contribution in [-0.4, -0.2) is 31.9 Å². The van der Waals surface area contributed by atoms with Crippen molar-refractivity contribution >= 4 is 13.9 Å². The highest BCUT2D eigenvalue weighted by Gasteiger charge is 2.21. The molecule has 1 saturated heterocycles. The number of carbonyl (C=O) groups excluding carboxylic acids is 1. The number of piperidine rings is 1. The van der Waals surface area contributed by atoms with E-state index in [0.29, 0.717) is 11.6 Å². The molecule has 1 amide bonds. The van der Waals surface area contributed by atoms with E-state index in [4.69, 9.17) is 4.74 Å². The largest absolute Gasteiger partial charge is 0.415 e. The first kappa shape index (κ1) is 13.6. The van der Waals surface area contributed by atoms with Crippen LogP contribution in [0.1, 0.15) is 19.8 Å². The Balaban J connectivity index is 2.52. The Labute approximate surface area is 104 Å². The summed E-state index contributed by atoms with van der Waals surface area (Å²) in [6.45, 7) is 7.06. The molecule has 0 aliphatic carbocycles. The number of hydrogen-bond acceptors (Lipinski definition) is 2. The maximum Gasteiger partial charge on any atom is 0.415 e. The Morgan fingerprint density at radius 3 is 2.65 bits per heavy atom. The molecule has 0 spiro atoms. The molecule has 0 saturated carbocycles. The van der Waals surface area contributed by atoms with Crippen molar-refractivity contribution in [3.63, 3.8) is 0 Å². The zero-order valence-electron chi connectivity index (χ0n) is 10.7. The minimum absolute atomic E-state index is 0.261. The third kappa shape index (κ3) is 4.51. The van der Waals surface area contributed by atoms with E-state index < -0.39 is 0 Å². The molecule has 0 aromatic rings. The van der Waals surface area contributed by atoms with Gasteiger partial charge in [-0.2, -0.15) is 0 Å². The smallest absolute Gasteiger partial charge is 0.410 e. The fourth-order valence-corrected chi connectivity index (χ4v) is 1.76. The van der Waals surface area contributed by atoms with Gasteiger partial charge >= 0.3 is 6.09 Å². The second kappa shape index (κ2) is 6.99. The van der Waals surface area contributed by atoms with Gasteiger partial charge < -0.3 is 9.64 Å². The number of carbonyl (C=O) groups is 1. The molecule has 1 heterocycles. The zero-order chi connectivity index (χ0) is 12.7. The van der Waals surface area contributed by atoms with Gasteiger partial charge in [0, 0.05) is 13.1 Å². The van der Waals surface area contributed by atoms with Crippen LogP contribution in [0.15, 0.2) is 36.6 Å². The monoisotopic (exact) mass is 233 g/mol. The van der Waals surface area contributed by atoms with Crippen LogP contribution < -0.4 is 0 Å². The van der Waals surface area contributed by atoms with Crippen LogP contribution in [0.5, 0.6) is 0 Å². The lowest BCUT2D eigenvalue weighted by Crippen LogP contribution is -2.37. The number of nitrogens with zero attached hydrogens (tertiary/aromatic N) is 1. The zero-order valence-corrected chi connectivity index (χ0v) is 10.7. The van der Waals surface area contributed by atoms with Crippen molar-refractivity contribution < 1.29 is 9.53 Å². The van der Waals surface area contributed by atoms with E-state index in [1.54, 1.807) is 23.1 Å². The molecule has 0 bridgehead atoms. The van der Waals surface area contributed by atoms with Crippen molar-refractivity contribution in [1.82, 2.24) is 4.90 Å². The van der Waals surface area contributed by atoms with Crippen LogP contribution in [0.4, 0.5) is 4.79 Å². The summed E-state index contributed by atoms with van der Waals surface area (Å²) in [6, 6.07) is 0. The summed E-state index contributed by atoms with van der Waals surface area (Å²) in [7, 11) is 2.21. The van der Waals surface area contributed by atoms with E-state index in [2.05, 4.69) is 14.4 Å². The first-order valence-corrected chi connectivity index (χ1v) is 6.09. The molecule has 0 aromatic carbocycles. The van der Waals surface area contributed by atoms with Crippen LogP contribution >= 0.6 is 0 Å². The highest BCUT2D eigenvalue weighted by Crippen LogP contribution is 2.19. The van der Waals surface area contributed by atoms with Crippen LogP contribution in [0.2, 0.25) is 5.82 Å². The Morgan fingerprint density at radius 1 is 1.47 bits per heavy atom. The normalized spacial score (nSPS) is 18.4. The highest BCUT2D eigenvalue weighted by molar-refractivity contribution is 6.11. The van der Waals surface area contributed by atoms with Crippen LogP contribution in [0, 0.1) is 0 Å². The van der Waals surface area contributed by atoms with E-state index in [9.17, 15) is 4.79 Å². The van der Waals surface area contributed by atoms with E-state index in [1.165, 1.54) is 0 Å². The van der Waals surface area contributed by atoms with Gasteiger partial charge in [-0.25, -0.2) is 4.79 Å². The van der Waals surface area contributed by atoms with E-state index >= 15 is 0 Å². The molecule has 0 aromatic heterocycles. The van der Waals surface area contributed by atoms with Crippen LogP contribution in [0.25, 0.3) is 0 Å². The summed E-state index contributed by atoms with van der Waals surface area (Å²) in [5.41, 5.74) is 0. The number of amides is 1. The van der Waals surface area contributed by atoms with Crippen molar-refractivity contribution in [1.29, 1.82) is 0 Å². The molecule has 0 radical (unpaired) electrons. The van der Waals surface area contributed by atoms with Gasteiger partial charge in [-0.05, 0) is 31.9 Å². The standard InChI is InChI=1S/C13H20BNO2/c1-3-5-12(6-4-2)17-13(16)15-9-7-11(14)8-10-15/h3-6,11H,1,7-10,14H2,2H3/b6-4-,12-5+. The Hall–Kier alpha value is -1.45. The van der Waals surface area contributed by atoms with Crippen molar-refractivity contribution in [2.75, 3.05) is 13.1 Å². The van der Waals surface area contributed by atoms with E-state index in [0.717, 1.165) is 25.9 Å². The van der Waals surface area contributed by atoms with Crippen molar-refractivity contribution in [3.05, 3.63) is 36.6 Å². The summed E-state index contributed by atoms with van der Waals surface area (Å²) < 4.78 is 5.30. The van der Waals surface area contributed by atoms with Gasteiger partial charge in [0.15, 0.2) is 0 Å². The second-order valence-corrected chi connectivity index (χ2v) is 4.34. The molecule has 1 aliphatic heterocycles. The maximum atomic E-state index is 11.9. The van der Waals surface area contributed by atoms with Gasteiger partial charge in [0.1, 0.15) is 13.6 Å². The number of likely N-dealkylation sites (tertiary alicyclic amines) is 1. The summed E-state index contributed by atoms with van der Waals surface area (Å²) in [4.78, 5) is 13.6. The predicted octanol–water partition coefficient (Wildman–Crippen LogP) is 2.29. The number of allylic oxidation sites excluding steroid dienone is 4. The third-order valence-electron chi connectivity index (χ3n) is 2.86. The molecule has 4 heteroatoms. The Kier molecular flexibility index (Phi) is 5.60. The van der Waals surface area contributed by atoms with Crippen molar-refractivity contribution in [3.8, 4) is 0 Å². The average Bonchev–Trinajstić information content (AvgIpc) is 2.30. The molecule has 0 atom stereocenters. The molecule has 92 valence electrons. The van der Waals surface area contributed by atoms with Crippen LogP contribution in [0.3, 0.4) is 0 Å². The summed E-state index contributed by atoms with van der Waals surface area (Å²) >= 11 is 0. The van der Waals surface area contributed by atoms with Gasteiger partial charge in [-0.1, -0.05) is 24.5 Å². The Morgan fingerprint density at radius 2 is 2.12 bits per heavy atom. The minimum Gasteiger partial charge on any atom is -0.410 e. The van der Waals surface area contributed by atoms with Crippen molar-refractivity contribution in [2.24, 2.45) is 0 Å². The number of hydrogen-bond donors (Lipinski definition) is 0. The molecule has 1 fully saturated rings. The van der Waals surface area contributed by atoms with Crippen molar-refractivity contribution in [2.45, 2.75) is 25.6 Å². The molecular formula is C13H20BNO2. The Bertz CT molecular complexity index is 328. The third-order valence-corrected chi connectivity index (χ3v) is 2.86. The van der Waals surface area contributed by atoms with Crippen LogP contribution in [-0.2, 0) is 4.74 Å². The van der Waals surface area contributed by atoms with Gasteiger partial charge in [0.2, 0.25) is 0 Å². The maximum absolute atomic E-state index is 11.9. The summed E-state index contributed by atoms with van der Waals surface area (Å²) in [5, 5.41) is 0. The molecular weight excluding hydrogens is 213 g/mol. The second-order valence-electron chi connectivity index (χ2n) is 4.34. The summed E-state index contributed by atoms with van der Waals surface area (Å²) in [5.74, 6) is 1.24. The van der Waals surface area contributed by atoms with Gasteiger partial charge in [0.25, 0.3) is 0 Å². The summed E-state index contributed by atoms with van der Waals surface area (Å²) in [6.07, 6.45) is 8.74. The van der Waals surface area contributed by atoms with Gasteiger partial charge in [0.05, 0.1) is 0 Å². The molecule has 0 unspecified atom stereocenters. The lowest BCUT2D eigenvalue weighted by Gasteiger charge is -2.29. The highest BCUT2D eigenvalue weighted by atomic mass is 16.6. The minimum atomic E-state index is -0.261. The lowest BCUT2D eigenvalue weighted by molar-refractivity contribution is 0.122. The number of rotatable bonds is 3. The first-order valence-electron chi connectivity index (χ1n) is 6.09. The molecule has 0 N–H and O–H groups in total. The topological polar surface area (TPSA) is 29.5 Å². The fourth-order valence-electron chi connectivity index (χ4n) is 1.76. The van der Waals surface area contributed by atoms with Gasteiger partial charge in [-0.3, -0.25) is 0 Å².